The third-order valence-corrected chi connectivity index (χ3v) is 4.66. The molecule has 2 rings (SSSR count). The van der Waals surface area contributed by atoms with Crippen LogP contribution in [-0.4, -0.2) is 20.9 Å². The molecule has 0 aliphatic rings. The van der Waals surface area contributed by atoms with Gasteiger partial charge in [-0.3, -0.25) is 0 Å². The molecule has 0 atom stereocenters. The second-order valence-corrected chi connectivity index (χ2v) is 6.52. The van der Waals surface area contributed by atoms with E-state index in [1.165, 1.54) is 9.17 Å². The molecular weight excluding hydrogens is 331 g/mol. The van der Waals surface area contributed by atoms with Gasteiger partial charge < -0.3 is 0 Å². The van der Waals surface area contributed by atoms with Crippen LogP contribution in [0.25, 0.3) is 6.08 Å². The quantitative estimate of drug-likeness (QED) is 0.751. The van der Waals surface area contributed by atoms with Gasteiger partial charge in [0, 0.05) is 0 Å². The van der Waals surface area contributed by atoms with Crippen molar-refractivity contribution < 1.29 is 0 Å². The van der Waals surface area contributed by atoms with Crippen LogP contribution < -0.4 is 3.61 Å². The van der Waals surface area contributed by atoms with Crippen molar-refractivity contribution >= 4 is 42.2 Å². The maximum atomic E-state index is 5.83. The molecule has 0 N–H and O–H groups in total. The van der Waals surface area contributed by atoms with Gasteiger partial charge in [-0.1, -0.05) is 0 Å². The summed E-state index contributed by atoms with van der Waals surface area (Å²) in [5, 5.41) is 0.789. The number of rotatable bonds is 3. The maximum absolute atomic E-state index is 5.83. The molecule has 0 aliphatic carbocycles. The monoisotopic (exact) mass is 344 g/mol. The third kappa shape index (κ3) is 3.68. The molecule has 0 spiro atoms. The first-order chi connectivity index (χ1) is 7.84. The average Bonchev–Trinajstić information content (AvgIpc) is 2.33. The molecule has 16 heavy (non-hydrogen) atoms. The van der Waals surface area contributed by atoms with Gasteiger partial charge in [-0.25, -0.2) is 0 Å². The van der Waals surface area contributed by atoms with Crippen LogP contribution in [0.3, 0.4) is 0 Å². The SMILES string of the molecule is Clc1ccc(/C=C/[Te]c2ccccc2)cc1. The average molecular weight is 342 g/mol. The number of halogens is 1. The molecule has 0 nitrogen and oxygen atoms in total. The third-order valence-electron chi connectivity index (χ3n) is 2.08. The van der Waals surface area contributed by atoms with Crippen molar-refractivity contribution in [1.82, 2.24) is 0 Å². The van der Waals surface area contributed by atoms with Crippen LogP contribution >= 0.6 is 11.6 Å². The Morgan fingerprint density at radius 3 is 2.25 bits per heavy atom. The van der Waals surface area contributed by atoms with Gasteiger partial charge in [0.1, 0.15) is 0 Å². The molecule has 0 radical (unpaired) electrons. The normalized spacial score (nSPS) is 10.8. The van der Waals surface area contributed by atoms with E-state index in [2.05, 4.69) is 40.5 Å². The first-order valence-corrected chi connectivity index (χ1v) is 7.87. The first kappa shape index (κ1) is 11.7. The molecule has 0 fully saturated rings. The minimum absolute atomic E-state index is 0.199. The van der Waals surface area contributed by atoms with E-state index in [1.54, 1.807) is 0 Å². The zero-order valence-corrected chi connectivity index (χ0v) is 11.7. The van der Waals surface area contributed by atoms with Gasteiger partial charge in [-0.15, -0.1) is 0 Å². The first-order valence-electron chi connectivity index (χ1n) is 4.98. The van der Waals surface area contributed by atoms with E-state index in [0.717, 1.165) is 5.02 Å². The summed E-state index contributed by atoms with van der Waals surface area (Å²) >= 11 is 5.63. The van der Waals surface area contributed by atoms with Gasteiger partial charge in [0.15, 0.2) is 0 Å². The molecule has 0 amide bonds. The summed E-state index contributed by atoms with van der Waals surface area (Å²) in [4.78, 5) is 0. The van der Waals surface area contributed by atoms with Gasteiger partial charge in [0.05, 0.1) is 0 Å². The molecule has 0 aromatic heterocycles. The van der Waals surface area contributed by atoms with E-state index in [4.69, 9.17) is 11.6 Å². The molecule has 0 saturated carbocycles. The van der Waals surface area contributed by atoms with Crippen LogP contribution in [0.5, 0.6) is 0 Å². The fraction of sp³-hybridized carbons (Fsp3) is 0. The van der Waals surface area contributed by atoms with Crippen molar-refractivity contribution in [3.63, 3.8) is 0 Å². The summed E-state index contributed by atoms with van der Waals surface area (Å²) < 4.78 is 3.75. The zero-order valence-electron chi connectivity index (χ0n) is 8.64. The Hall–Kier alpha value is -0.740. The van der Waals surface area contributed by atoms with Crippen molar-refractivity contribution in [3.05, 3.63) is 69.3 Å². The molecule has 0 aliphatic heterocycles. The molecule has 0 heterocycles. The van der Waals surface area contributed by atoms with E-state index in [-0.39, 0.29) is 20.9 Å². The van der Waals surface area contributed by atoms with Crippen LogP contribution in [0.15, 0.2) is 58.7 Å². The summed E-state index contributed by atoms with van der Waals surface area (Å²) in [6, 6.07) is 18.5. The van der Waals surface area contributed by atoms with Crippen molar-refractivity contribution in [3.8, 4) is 0 Å². The van der Waals surface area contributed by atoms with Crippen LogP contribution in [0.1, 0.15) is 5.56 Å². The Morgan fingerprint density at radius 2 is 1.56 bits per heavy atom. The summed E-state index contributed by atoms with van der Waals surface area (Å²) in [5.74, 6) is 0. The van der Waals surface area contributed by atoms with E-state index >= 15 is 0 Å². The summed E-state index contributed by atoms with van der Waals surface area (Å²) in [6.07, 6.45) is 2.17. The molecule has 0 bridgehead atoms. The van der Waals surface area contributed by atoms with E-state index in [0.29, 0.717) is 0 Å². The van der Waals surface area contributed by atoms with Crippen molar-refractivity contribution in [2.24, 2.45) is 0 Å². The molecule has 2 heteroatoms. The van der Waals surface area contributed by atoms with E-state index in [1.807, 2.05) is 24.3 Å². The second kappa shape index (κ2) is 6.11. The van der Waals surface area contributed by atoms with Gasteiger partial charge >= 0.3 is 112 Å². The molecule has 0 unspecified atom stereocenters. The standard InChI is InChI=1S/C14H11ClTe/c15-13-8-6-12(7-9-13)10-11-16-14-4-2-1-3-5-14/h1-11H/b11-10+. The summed E-state index contributed by atoms with van der Waals surface area (Å²) in [5.41, 5.74) is 1.21. The molecule has 2 aromatic carbocycles. The van der Waals surface area contributed by atoms with Crippen LogP contribution in [0.2, 0.25) is 5.02 Å². The fourth-order valence-electron chi connectivity index (χ4n) is 1.26. The number of hydrogen-bond acceptors (Lipinski definition) is 0. The number of benzene rings is 2. The van der Waals surface area contributed by atoms with Gasteiger partial charge in [-0.05, 0) is 0 Å². The Labute approximate surface area is 111 Å². The van der Waals surface area contributed by atoms with Gasteiger partial charge in [0.25, 0.3) is 0 Å². The molecule has 2 aromatic rings. The second-order valence-electron chi connectivity index (χ2n) is 3.29. The summed E-state index contributed by atoms with van der Waals surface area (Å²) in [7, 11) is 0. The van der Waals surface area contributed by atoms with E-state index < -0.39 is 0 Å². The number of hydrogen-bond donors (Lipinski definition) is 0. The van der Waals surface area contributed by atoms with Gasteiger partial charge in [-0.2, -0.15) is 0 Å². The van der Waals surface area contributed by atoms with Crippen molar-refractivity contribution in [1.29, 1.82) is 0 Å². The van der Waals surface area contributed by atoms with Crippen LogP contribution in [0, 0.1) is 0 Å². The topological polar surface area (TPSA) is 0 Å². The van der Waals surface area contributed by atoms with E-state index in [9.17, 15) is 0 Å². The Bertz CT molecular complexity index is 460. The Kier molecular flexibility index (Phi) is 4.48. The Morgan fingerprint density at radius 1 is 0.875 bits per heavy atom. The summed E-state index contributed by atoms with van der Waals surface area (Å²) in [6.45, 7) is 0. The van der Waals surface area contributed by atoms with Crippen molar-refractivity contribution in [2.75, 3.05) is 0 Å². The molecule has 0 saturated heterocycles. The predicted molar refractivity (Wildman–Crippen MR) is 72.3 cm³/mol. The molecule has 80 valence electrons. The molecular formula is C14H11ClTe. The van der Waals surface area contributed by atoms with Crippen LogP contribution in [0.4, 0.5) is 0 Å². The Balaban J connectivity index is 1.98. The van der Waals surface area contributed by atoms with Crippen molar-refractivity contribution in [2.45, 2.75) is 0 Å². The zero-order chi connectivity index (χ0) is 11.2. The fourth-order valence-corrected chi connectivity index (χ4v) is 3.38. The minimum atomic E-state index is -0.199. The van der Waals surface area contributed by atoms with Crippen LogP contribution in [-0.2, 0) is 0 Å². The predicted octanol–water partition coefficient (Wildman–Crippen LogP) is 3.34. The van der Waals surface area contributed by atoms with Gasteiger partial charge in [0.2, 0.25) is 0 Å².